The predicted molar refractivity (Wildman–Crippen MR) is 202 cm³/mol. The van der Waals surface area contributed by atoms with E-state index < -0.39 is 0 Å². The zero-order valence-corrected chi connectivity index (χ0v) is 26.3. The van der Waals surface area contributed by atoms with Crippen molar-refractivity contribution in [3.05, 3.63) is 188 Å². The van der Waals surface area contributed by atoms with Crippen LogP contribution in [0, 0.1) is 0 Å². The average Bonchev–Trinajstić information content (AvgIpc) is 3.55. The highest BCUT2D eigenvalue weighted by atomic mass is 16.3. The Morgan fingerprint density at radius 1 is 0.312 bits per heavy atom. The third-order valence-corrected chi connectivity index (χ3v) is 9.25. The predicted octanol–water partition coefficient (Wildman–Crippen LogP) is 13.2. The lowest BCUT2D eigenvalue weighted by molar-refractivity contribution is 0.669. The molecule has 9 rings (SSSR count). The van der Waals surface area contributed by atoms with Crippen molar-refractivity contribution in [3.63, 3.8) is 0 Å². The van der Waals surface area contributed by atoms with Crippen LogP contribution in [-0.2, 0) is 0 Å². The second-order valence-electron chi connectivity index (χ2n) is 12.2. The number of benzene rings is 8. The van der Waals surface area contributed by atoms with Gasteiger partial charge in [-0.2, -0.15) is 0 Å². The molecule has 0 atom stereocenters. The molecule has 2 heteroatoms. The topological polar surface area (TPSA) is 16.4 Å². The molecule has 226 valence electrons. The third-order valence-electron chi connectivity index (χ3n) is 9.25. The van der Waals surface area contributed by atoms with E-state index in [0.29, 0.717) is 0 Å². The minimum Gasteiger partial charge on any atom is -0.456 e. The van der Waals surface area contributed by atoms with Gasteiger partial charge in [-0.3, -0.25) is 0 Å². The fraction of sp³-hybridized carbons (Fsp3) is 0. The fourth-order valence-corrected chi connectivity index (χ4v) is 6.87. The van der Waals surface area contributed by atoms with E-state index in [9.17, 15) is 0 Å². The monoisotopic (exact) mass is 613 g/mol. The molecule has 0 aliphatic carbocycles. The van der Waals surface area contributed by atoms with Crippen LogP contribution < -0.4 is 4.90 Å². The molecule has 8 aromatic carbocycles. The van der Waals surface area contributed by atoms with Crippen LogP contribution in [0.4, 0.5) is 17.1 Å². The Morgan fingerprint density at radius 3 is 1.52 bits per heavy atom. The molecule has 0 bridgehead atoms. The first-order valence-electron chi connectivity index (χ1n) is 16.3. The van der Waals surface area contributed by atoms with Crippen LogP contribution in [0.1, 0.15) is 0 Å². The van der Waals surface area contributed by atoms with Gasteiger partial charge in [0.1, 0.15) is 11.2 Å². The summed E-state index contributed by atoms with van der Waals surface area (Å²) in [6.07, 6.45) is 0. The maximum Gasteiger partial charge on any atom is 0.136 e. The number of anilines is 3. The molecular weight excluding hydrogens is 583 g/mol. The largest absolute Gasteiger partial charge is 0.456 e. The molecule has 0 aliphatic heterocycles. The summed E-state index contributed by atoms with van der Waals surface area (Å²) >= 11 is 0. The standard InChI is InChI=1S/C46H31NO/c1-4-11-32(12-5-1)35-19-24-39(25-20-35)47(40-18-10-17-37(29-40)33-13-6-2-7-14-33)41-26-21-36-23-28-44-46(43(36)31-41)42-27-22-38(30-45(42)48-44)34-15-8-3-9-16-34/h1-31H. The molecule has 0 spiro atoms. The highest BCUT2D eigenvalue weighted by Gasteiger charge is 2.17. The highest BCUT2D eigenvalue weighted by Crippen LogP contribution is 2.42. The van der Waals surface area contributed by atoms with E-state index in [0.717, 1.165) is 44.6 Å². The lowest BCUT2D eigenvalue weighted by Gasteiger charge is -2.26. The second-order valence-corrected chi connectivity index (χ2v) is 12.2. The Bertz CT molecular complexity index is 2530. The summed E-state index contributed by atoms with van der Waals surface area (Å²) in [5.41, 5.74) is 12.2. The smallest absolute Gasteiger partial charge is 0.136 e. The first kappa shape index (κ1) is 27.9. The quantitative estimate of drug-likeness (QED) is 0.185. The molecule has 0 radical (unpaired) electrons. The lowest BCUT2D eigenvalue weighted by atomic mass is 10.00. The molecule has 0 N–H and O–H groups in total. The van der Waals surface area contributed by atoms with Gasteiger partial charge in [0.15, 0.2) is 0 Å². The van der Waals surface area contributed by atoms with Crippen molar-refractivity contribution in [2.24, 2.45) is 0 Å². The molecule has 0 fully saturated rings. The number of rotatable bonds is 6. The molecule has 0 aliphatic rings. The Balaban J connectivity index is 1.22. The average molecular weight is 614 g/mol. The maximum atomic E-state index is 6.50. The summed E-state index contributed by atoms with van der Waals surface area (Å²) in [4.78, 5) is 2.36. The Hall–Kier alpha value is -6.38. The first-order chi connectivity index (χ1) is 23.8. The molecule has 1 heterocycles. The zero-order chi connectivity index (χ0) is 31.9. The zero-order valence-electron chi connectivity index (χ0n) is 26.3. The molecule has 1 aromatic heterocycles. The molecule has 2 nitrogen and oxygen atoms in total. The van der Waals surface area contributed by atoms with Gasteiger partial charge >= 0.3 is 0 Å². The van der Waals surface area contributed by atoms with Crippen LogP contribution >= 0.6 is 0 Å². The summed E-state index contributed by atoms with van der Waals surface area (Å²) in [6, 6.07) is 66.9. The summed E-state index contributed by atoms with van der Waals surface area (Å²) in [5, 5.41) is 4.61. The van der Waals surface area contributed by atoms with Gasteiger partial charge in [-0.05, 0) is 98.8 Å². The molecule has 0 unspecified atom stereocenters. The Labute approximate surface area is 279 Å². The number of nitrogens with zero attached hydrogens (tertiary/aromatic N) is 1. The number of fused-ring (bicyclic) bond motifs is 5. The van der Waals surface area contributed by atoms with E-state index in [1.165, 1.54) is 38.6 Å². The van der Waals surface area contributed by atoms with Crippen LogP contribution in [0.15, 0.2) is 192 Å². The van der Waals surface area contributed by atoms with Crippen LogP contribution in [0.2, 0.25) is 0 Å². The van der Waals surface area contributed by atoms with Crippen molar-refractivity contribution in [3.8, 4) is 33.4 Å². The molecule has 0 amide bonds. The minimum atomic E-state index is 0.893. The molecular formula is C46H31NO. The highest BCUT2D eigenvalue weighted by molar-refractivity contribution is 6.19. The van der Waals surface area contributed by atoms with Gasteiger partial charge in [0.2, 0.25) is 0 Å². The number of hydrogen-bond donors (Lipinski definition) is 0. The van der Waals surface area contributed by atoms with Crippen LogP contribution in [0.25, 0.3) is 66.1 Å². The van der Waals surface area contributed by atoms with Gasteiger partial charge in [0, 0.05) is 27.8 Å². The normalized spacial score (nSPS) is 11.3. The van der Waals surface area contributed by atoms with E-state index in [2.05, 4.69) is 187 Å². The van der Waals surface area contributed by atoms with E-state index in [1.807, 2.05) is 6.07 Å². The molecule has 9 aromatic rings. The summed E-state index contributed by atoms with van der Waals surface area (Å²) in [7, 11) is 0. The maximum absolute atomic E-state index is 6.50. The van der Waals surface area contributed by atoms with Crippen LogP contribution in [0.3, 0.4) is 0 Å². The SMILES string of the molecule is c1ccc(-c2ccc(N(c3cccc(-c4ccccc4)c3)c3ccc4ccc5oc6cc(-c7ccccc7)ccc6c5c4c3)cc2)cc1. The molecule has 0 saturated heterocycles. The van der Waals surface area contributed by atoms with Gasteiger partial charge in [0.25, 0.3) is 0 Å². The molecule has 0 saturated carbocycles. The van der Waals surface area contributed by atoms with Crippen molar-refractivity contribution < 1.29 is 4.42 Å². The van der Waals surface area contributed by atoms with Crippen LogP contribution in [0.5, 0.6) is 0 Å². The van der Waals surface area contributed by atoms with Gasteiger partial charge < -0.3 is 9.32 Å². The summed E-state index contributed by atoms with van der Waals surface area (Å²) in [6.45, 7) is 0. The van der Waals surface area contributed by atoms with Crippen molar-refractivity contribution in [2.75, 3.05) is 4.90 Å². The van der Waals surface area contributed by atoms with E-state index in [-0.39, 0.29) is 0 Å². The Morgan fingerprint density at radius 2 is 0.833 bits per heavy atom. The van der Waals surface area contributed by atoms with E-state index in [4.69, 9.17) is 4.42 Å². The molecule has 48 heavy (non-hydrogen) atoms. The minimum absolute atomic E-state index is 0.893. The fourth-order valence-electron chi connectivity index (χ4n) is 6.87. The lowest BCUT2D eigenvalue weighted by Crippen LogP contribution is -2.10. The number of hydrogen-bond acceptors (Lipinski definition) is 2. The first-order valence-corrected chi connectivity index (χ1v) is 16.3. The van der Waals surface area contributed by atoms with Gasteiger partial charge in [-0.1, -0.05) is 133 Å². The van der Waals surface area contributed by atoms with Crippen molar-refractivity contribution >= 4 is 49.8 Å². The van der Waals surface area contributed by atoms with Gasteiger partial charge in [-0.15, -0.1) is 0 Å². The summed E-state index contributed by atoms with van der Waals surface area (Å²) < 4.78 is 6.50. The van der Waals surface area contributed by atoms with E-state index in [1.54, 1.807) is 0 Å². The third kappa shape index (κ3) is 5.01. The van der Waals surface area contributed by atoms with E-state index >= 15 is 0 Å². The van der Waals surface area contributed by atoms with Crippen molar-refractivity contribution in [1.82, 2.24) is 0 Å². The Kier molecular flexibility index (Phi) is 6.84. The van der Waals surface area contributed by atoms with Gasteiger partial charge in [-0.25, -0.2) is 0 Å². The second kappa shape index (κ2) is 11.8. The van der Waals surface area contributed by atoms with Gasteiger partial charge in [0.05, 0.1) is 0 Å². The summed E-state index contributed by atoms with van der Waals surface area (Å²) in [5.74, 6) is 0. The number of furan rings is 1. The van der Waals surface area contributed by atoms with Crippen molar-refractivity contribution in [2.45, 2.75) is 0 Å². The van der Waals surface area contributed by atoms with Crippen LogP contribution in [-0.4, -0.2) is 0 Å². The van der Waals surface area contributed by atoms with Crippen molar-refractivity contribution in [1.29, 1.82) is 0 Å².